The van der Waals surface area contributed by atoms with Crippen molar-refractivity contribution in [2.24, 2.45) is 5.41 Å². The molecule has 0 radical (unpaired) electrons. The minimum Gasteiger partial charge on any atom is -0.444 e. The average Bonchev–Trinajstić information content (AvgIpc) is 2.66. The molecule has 2 heterocycles. The van der Waals surface area contributed by atoms with Crippen LogP contribution in [0.25, 0.3) is 11.1 Å². The number of ether oxygens (including phenoxy) is 1. The molecule has 1 atom stereocenters. The van der Waals surface area contributed by atoms with E-state index in [0.29, 0.717) is 35.1 Å². The zero-order chi connectivity index (χ0) is 23.9. The number of aromatic nitrogens is 1. The molecule has 0 saturated carbocycles. The number of nitrogens with zero attached hydrogens (tertiary/aromatic N) is 2. The highest BCUT2D eigenvalue weighted by Gasteiger charge is 2.49. The summed E-state index contributed by atoms with van der Waals surface area (Å²) >= 11 is 3.44. The van der Waals surface area contributed by atoms with E-state index < -0.39 is 28.5 Å². The Balaban J connectivity index is 1.84. The molecule has 1 N–H and O–H groups in total. The van der Waals surface area contributed by atoms with Crippen LogP contribution in [0.15, 0.2) is 45.8 Å². The summed E-state index contributed by atoms with van der Waals surface area (Å²) in [5, 5.41) is 11.5. The van der Waals surface area contributed by atoms with Gasteiger partial charge in [0.25, 0.3) is 5.56 Å². The molecule has 1 aliphatic heterocycles. The Hall–Kier alpha value is -2.19. The fourth-order valence-electron chi connectivity index (χ4n) is 3.97. The van der Waals surface area contributed by atoms with E-state index in [1.54, 1.807) is 29.3 Å². The molecule has 0 aliphatic carbocycles. The molecule has 1 amide bonds. The molecule has 1 saturated heterocycles. The van der Waals surface area contributed by atoms with Crippen LogP contribution < -0.4 is 5.56 Å². The first-order valence-electron chi connectivity index (χ1n) is 10.6. The Bertz CT molecular complexity index is 1080. The van der Waals surface area contributed by atoms with E-state index in [0.717, 1.165) is 0 Å². The SMILES string of the molecule is CC(C)(C)OC(=O)N1CCC(O)(Cn2cc(Br)c(-c3ccccc3F)cc2=O)C(C)(C)C1. The number of carbonyl (C=O) groups excluding carboxylic acids is 1. The van der Waals surface area contributed by atoms with Crippen molar-refractivity contribution in [3.05, 3.63) is 57.2 Å². The van der Waals surface area contributed by atoms with Gasteiger partial charge < -0.3 is 19.3 Å². The van der Waals surface area contributed by atoms with Gasteiger partial charge in [-0.1, -0.05) is 32.0 Å². The number of amides is 1. The number of hydrogen-bond donors (Lipinski definition) is 1. The zero-order valence-electron chi connectivity index (χ0n) is 19.1. The van der Waals surface area contributed by atoms with Gasteiger partial charge in [0, 0.05) is 46.4 Å². The summed E-state index contributed by atoms with van der Waals surface area (Å²) in [6.45, 7) is 9.84. The lowest BCUT2D eigenvalue weighted by Gasteiger charge is -2.50. The van der Waals surface area contributed by atoms with Crippen LogP contribution in [0.3, 0.4) is 0 Å². The maximum atomic E-state index is 14.2. The van der Waals surface area contributed by atoms with Crippen LogP contribution in [0.2, 0.25) is 0 Å². The summed E-state index contributed by atoms with van der Waals surface area (Å²) in [5.41, 5.74) is -2.09. The van der Waals surface area contributed by atoms with E-state index in [9.17, 15) is 19.1 Å². The van der Waals surface area contributed by atoms with Gasteiger partial charge in [-0.25, -0.2) is 9.18 Å². The van der Waals surface area contributed by atoms with E-state index in [-0.39, 0.29) is 12.1 Å². The Kier molecular flexibility index (Phi) is 6.60. The van der Waals surface area contributed by atoms with Crippen LogP contribution in [0.4, 0.5) is 9.18 Å². The topological polar surface area (TPSA) is 71.8 Å². The number of rotatable bonds is 3. The van der Waals surface area contributed by atoms with E-state index in [1.807, 2.05) is 34.6 Å². The summed E-state index contributed by atoms with van der Waals surface area (Å²) in [6, 6.07) is 7.63. The highest BCUT2D eigenvalue weighted by atomic mass is 79.9. The first-order valence-corrected chi connectivity index (χ1v) is 11.4. The normalized spacial score (nSPS) is 20.8. The standard InChI is InChI=1S/C24H30BrFN2O4/c1-22(2,3)32-21(30)27-11-10-24(31,23(4,5)14-27)15-28-13-18(25)17(12-20(28)29)16-8-6-7-9-19(16)26/h6-9,12-13,31H,10-11,14-15H2,1-5H3. The van der Waals surface area contributed by atoms with Crippen LogP contribution in [0.1, 0.15) is 41.0 Å². The first kappa shape index (κ1) is 24.5. The number of likely N-dealkylation sites (tertiary alicyclic amines) is 1. The minimum absolute atomic E-state index is 0.0527. The quantitative estimate of drug-likeness (QED) is 0.645. The smallest absolute Gasteiger partial charge is 0.410 e. The number of piperidine rings is 1. The van der Waals surface area contributed by atoms with Gasteiger partial charge in [-0.3, -0.25) is 4.79 Å². The highest BCUT2D eigenvalue weighted by molar-refractivity contribution is 9.10. The zero-order valence-corrected chi connectivity index (χ0v) is 20.7. The van der Waals surface area contributed by atoms with E-state index in [1.165, 1.54) is 16.7 Å². The molecule has 174 valence electrons. The lowest BCUT2D eigenvalue weighted by Crippen LogP contribution is -2.61. The van der Waals surface area contributed by atoms with Crippen molar-refractivity contribution in [1.29, 1.82) is 0 Å². The van der Waals surface area contributed by atoms with Gasteiger partial charge in [0.05, 0.1) is 12.1 Å². The molecule has 1 aromatic heterocycles. The van der Waals surface area contributed by atoms with E-state index in [4.69, 9.17) is 4.74 Å². The highest BCUT2D eigenvalue weighted by Crippen LogP contribution is 2.40. The second-order valence-electron chi connectivity index (χ2n) is 10.0. The second-order valence-corrected chi connectivity index (χ2v) is 10.9. The fourth-order valence-corrected chi connectivity index (χ4v) is 4.55. The first-order chi connectivity index (χ1) is 14.7. The maximum absolute atomic E-state index is 14.2. The summed E-state index contributed by atoms with van der Waals surface area (Å²) < 4.78 is 21.7. The lowest BCUT2D eigenvalue weighted by molar-refractivity contribution is -0.126. The number of benzene rings is 1. The monoisotopic (exact) mass is 508 g/mol. The van der Waals surface area contributed by atoms with Crippen molar-refractivity contribution in [2.75, 3.05) is 13.1 Å². The molecule has 1 aromatic carbocycles. The largest absolute Gasteiger partial charge is 0.444 e. The molecule has 1 fully saturated rings. The van der Waals surface area contributed by atoms with Crippen molar-refractivity contribution >= 4 is 22.0 Å². The number of carbonyl (C=O) groups is 1. The third-order valence-corrected chi connectivity index (χ3v) is 6.60. The number of hydrogen-bond acceptors (Lipinski definition) is 4. The lowest BCUT2D eigenvalue weighted by atomic mass is 9.70. The van der Waals surface area contributed by atoms with Crippen LogP contribution in [0, 0.1) is 11.2 Å². The summed E-state index contributed by atoms with van der Waals surface area (Å²) in [5.74, 6) is -0.417. The average molecular weight is 509 g/mol. The number of halogens is 2. The van der Waals surface area contributed by atoms with Crippen molar-refractivity contribution in [1.82, 2.24) is 9.47 Å². The summed E-state index contributed by atoms with van der Waals surface area (Å²) in [6.07, 6.45) is 1.46. The van der Waals surface area contributed by atoms with Crippen LogP contribution >= 0.6 is 15.9 Å². The Morgan fingerprint density at radius 1 is 1.25 bits per heavy atom. The van der Waals surface area contributed by atoms with Crippen LogP contribution in [0.5, 0.6) is 0 Å². The van der Waals surface area contributed by atoms with Gasteiger partial charge >= 0.3 is 6.09 Å². The Morgan fingerprint density at radius 2 is 1.91 bits per heavy atom. The molecule has 0 bridgehead atoms. The van der Waals surface area contributed by atoms with E-state index in [2.05, 4.69) is 15.9 Å². The molecular weight excluding hydrogens is 479 g/mol. The third-order valence-electron chi connectivity index (χ3n) is 5.97. The van der Waals surface area contributed by atoms with Crippen LogP contribution in [-0.4, -0.2) is 45.0 Å². The predicted octanol–water partition coefficient (Wildman–Crippen LogP) is 4.82. The molecule has 2 aromatic rings. The summed E-state index contributed by atoms with van der Waals surface area (Å²) in [7, 11) is 0. The van der Waals surface area contributed by atoms with Gasteiger partial charge in [0.2, 0.25) is 0 Å². The number of aliphatic hydroxyl groups is 1. The molecule has 0 spiro atoms. The van der Waals surface area contributed by atoms with Gasteiger partial charge in [-0.2, -0.15) is 0 Å². The van der Waals surface area contributed by atoms with Gasteiger partial charge in [-0.15, -0.1) is 0 Å². The van der Waals surface area contributed by atoms with Crippen molar-refractivity contribution in [3.63, 3.8) is 0 Å². The molecule has 3 rings (SSSR count). The van der Waals surface area contributed by atoms with Gasteiger partial charge in [-0.05, 0) is 49.2 Å². The molecule has 32 heavy (non-hydrogen) atoms. The predicted molar refractivity (Wildman–Crippen MR) is 125 cm³/mol. The number of pyridine rings is 1. The van der Waals surface area contributed by atoms with Crippen molar-refractivity contribution in [2.45, 2.75) is 58.8 Å². The minimum atomic E-state index is -1.23. The second kappa shape index (κ2) is 8.63. The fraction of sp³-hybridized carbons (Fsp3) is 0.500. The van der Waals surface area contributed by atoms with E-state index >= 15 is 0 Å². The Morgan fingerprint density at radius 3 is 2.50 bits per heavy atom. The molecule has 8 heteroatoms. The van der Waals surface area contributed by atoms with Gasteiger partial charge in [0.15, 0.2) is 0 Å². The van der Waals surface area contributed by atoms with Gasteiger partial charge in [0.1, 0.15) is 11.4 Å². The summed E-state index contributed by atoms with van der Waals surface area (Å²) in [4.78, 5) is 27.0. The third kappa shape index (κ3) is 5.07. The van der Waals surface area contributed by atoms with Crippen molar-refractivity contribution < 1.29 is 19.0 Å². The Labute approximate surface area is 196 Å². The molecule has 6 nitrogen and oxygen atoms in total. The molecule has 1 unspecified atom stereocenters. The van der Waals surface area contributed by atoms with Crippen LogP contribution in [-0.2, 0) is 11.3 Å². The molecular formula is C24H30BrFN2O4. The molecule has 1 aliphatic rings. The maximum Gasteiger partial charge on any atom is 0.410 e. The van der Waals surface area contributed by atoms with Crippen molar-refractivity contribution in [3.8, 4) is 11.1 Å².